The van der Waals surface area contributed by atoms with Gasteiger partial charge in [0, 0.05) is 0 Å². The van der Waals surface area contributed by atoms with Crippen molar-refractivity contribution in [2.45, 2.75) is 6.92 Å². The monoisotopic (exact) mass is 208 g/mol. The van der Waals surface area contributed by atoms with Crippen molar-refractivity contribution in [2.24, 2.45) is 0 Å². The van der Waals surface area contributed by atoms with Crippen molar-refractivity contribution in [3.63, 3.8) is 0 Å². The van der Waals surface area contributed by atoms with Crippen molar-refractivity contribution in [1.82, 2.24) is 0 Å². The van der Waals surface area contributed by atoms with E-state index in [1.54, 1.807) is 6.92 Å². The van der Waals surface area contributed by atoms with Gasteiger partial charge in [-0.25, -0.2) is 4.79 Å². The summed E-state index contributed by atoms with van der Waals surface area (Å²) in [5.74, 6) is -0.655. The van der Waals surface area contributed by atoms with Crippen LogP contribution in [0.3, 0.4) is 0 Å². The van der Waals surface area contributed by atoms with Gasteiger partial charge in [0.1, 0.15) is 11.3 Å². The summed E-state index contributed by atoms with van der Waals surface area (Å²) in [6.45, 7) is 1.96. The van der Waals surface area contributed by atoms with Crippen LogP contribution in [-0.2, 0) is 4.74 Å². The minimum absolute atomic E-state index is 0.0523. The number of rotatable bonds is 2. The zero-order chi connectivity index (χ0) is 9.14. The van der Waals surface area contributed by atoms with E-state index in [0.717, 1.165) is 0 Å². The second-order valence-corrected chi connectivity index (χ2v) is 2.73. The highest BCUT2D eigenvalue weighted by atomic mass is 35.5. The highest BCUT2D eigenvalue weighted by molar-refractivity contribution is 6.43. The van der Waals surface area contributed by atoms with Gasteiger partial charge in [-0.15, -0.1) is 0 Å². The van der Waals surface area contributed by atoms with Gasteiger partial charge in [0.2, 0.25) is 5.76 Å². The van der Waals surface area contributed by atoms with E-state index in [-0.39, 0.29) is 22.4 Å². The first kappa shape index (κ1) is 9.42. The summed E-state index contributed by atoms with van der Waals surface area (Å²) in [6, 6.07) is 0. The molecule has 0 aliphatic heterocycles. The molecule has 0 unspecified atom stereocenters. The summed E-state index contributed by atoms with van der Waals surface area (Å²) in [5, 5.41) is 0.301. The SMILES string of the molecule is CCOC(=O)c1occ(Cl)c1Cl. The molecule has 0 radical (unpaired) electrons. The zero-order valence-corrected chi connectivity index (χ0v) is 7.78. The minimum atomic E-state index is -0.602. The van der Waals surface area contributed by atoms with Gasteiger partial charge in [0.15, 0.2) is 0 Å². The lowest BCUT2D eigenvalue weighted by atomic mass is 10.4. The van der Waals surface area contributed by atoms with Crippen molar-refractivity contribution in [3.05, 3.63) is 22.1 Å². The molecule has 0 spiro atoms. The molecule has 0 fully saturated rings. The van der Waals surface area contributed by atoms with E-state index in [1.807, 2.05) is 0 Å². The van der Waals surface area contributed by atoms with Crippen LogP contribution in [0, 0.1) is 0 Å². The van der Waals surface area contributed by atoms with E-state index >= 15 is 0 Å². The quantitative estimate of drug-likeness (QED) is 0.703. The van der Waals surface area contributed by atoms with Gasteiger partial charge in [0.25, 0.3) is 0 Å². The normalized spacial score (nSPS) is 9.92. The molecule has 0 bridgehead atoms. The number of halogens is 2. The Kier molecular flexibility index (Phi) is 3.00. The molecule has 0 saturated carbocycles. The summed E-state index contributed by atoms with van der Waals surface area (Å²) in [5.41, 5.74) is 0. The van der Waals surface area contributed by atoms with Crippen LogP contribution < -0.4 is 0 Å². The molecule has 1 rings (SSSR count). The molecule has 66 valence electrons. The lowest BCUT2D eigenvalue weighted by Crippen LogP contribution is -2.03. The average Bonchev–Trinajstić information content (AvgIpc) is 2.34. The van der Waals surface area contributed by atoms with Gasteiger partial charge in [-0.3, -0.25) is 0 Å². The van der Waals surface area contributed by atoms with E-state index < -0.39 is 5.97 Å². The molecule has 1 heterocycles. The van der Waals surface area contributed by atoms with Crippen LogP contribution in [0.4, 0.5) is 0 Å². The molecule has 12 heavy (non-hydrogen) atoms. The molecule has 0 amide bonds. The highest BCUT2D eigenvalue weighted by Gasteiger charge is 2.18. The van der Waals surface area contributed by atoms with E-state index in [1.165, 1.54) is 6.26 Å². The first-order chi connectivity index (χ1) is 5.66. The van der Waals surface area contributed by atoms with E-state index in [4.69, 9.17) is 27.6 Å². The first-order valence-corrected chi connectivity index (χ1v) is 4.02. The summed E-state index contributed by atoms with van der Waals surface area (Å²) >= 11 is 11.2. The number of furan rings is 1. The lowest BCUT2D eigenvalue weighted by molar-refractivity contribution is 0.0490. The topological polar surface area (TPSA) is 39.4 Å². The summed E-state index contributed by atoms with van der Waals surface area (Å²) in [4.78, 5) is 11.0. The van der Waals surface area contributed by atoms with Gasteiger partial charge in [-0.05, 0) is 6.92 Å². The van der Waals surface area contributed by atoms with Crippen LogP contribution in [0.25, 0.3) is 0 Å². The molecule has 0 aromatic carbocycles. The molecule has 0 N–H and O–H groups in total. The zero-order valence-electron chi connectivity index (χ0n) is 6.27. The maximum Gasteiger partial charge on any atom is 0.375 e. The van der Waals surface area contributed by atoms with Crippen LogP contribution in [0.15, 0.2) is 10.7 Å². The van der Waals surface area contributed by atoms with Crippen molar-refractivity contribution in [1.29, 1.82) is 0 Å². The van der Waals surface area contributed by atoms with Crippen molar-refractivity contribution < 1.29 is 13.9 Å². The molecule has 5 heteroatoms. The van der Waals surface area contributed by atoms with Crippen LogP contribution in [-0.4, -0.2) is 12.6 Å². The molecule has 1 aromatic rings. The Hall–Kier alpha value is -0.670. The standard InChI is InChI=1S/C7H6Cl2O3/c1-2-11-7(10)6-5(9)4(8)3-12-6/h3H,2H2,1H3. The smallest absolute Gasteiger partial charge is 0.375 e. The Morgan fingerprint density at radius 3 is 2.75 bits per heavy atom. The average molecular weight is 209 g/mol. The number of hydrogen-bond donors (Lipinski definition) is 0. The molecule has 0 saturated heterocycles. The van der Waals surface area contributed by atoms with Gasteiger partial charge in [0.05, 0.1) is 11.6 Å². The Labute approximate surface area is 79.2 Å². The Morgan fingerprint density at radius 1 is 1.67 bits per heavy atom. The van der Waals surface area contributed by atoms with Gasteiger partial charge < -0.3 is 9.15 Å². The maximum absolute atomic E-state index is 11.0. The lowest BCUT2D eigenvalue weighted by Gasteiger charge is -1.96. The van der Waals surface area contributed by atoms with Crippen molar-refractivity contribution in [2.75, 3.05) is 6.61 Å². The van der Waals surface area contributed by atoms with Gasteiger partial charge >= 0.3 is 5.97 Å². The Bertz CT molecular complexity index is 293. The Morgan fingerprint density at radius 2 is 2.33 bits per heavy atom. The van der Waals surface area contributed by atoms with E-state index in [0.29, 0.717) is 0 Å². The molecule has 1 aromatic heterocycles. The molecule has 0 atom stereocenters. The second-order valence-electron chi connectivity index (χ2n) is 1.95. The molecule has 3 nitrogen and oxygen atoms in total. The summed E-state index contributed by atoms with van der Waals surface area (Å²) in [7, 11) is 0. The van der Waals surface area contributed by atoms with Gasteiger partial charge in [-0.1, -0.05) is 23.2 Å². The fourth-order valence-corrected chi connectivity index (χ4v) is 0.954. The highest BCUT2D eigenvalue weighted by Crippen LogP contribution is 2.27. The maximum atomic E-state index is 11.0. The predicted molar refractivity (Wildman–Crippen MR) is 44.7 cm³/mol. The van der Waals surface area contributed by atoms with Crippen molar-refractivity contribution >= 4 is 29.2 Å². The number of esters is 1. The molecular formula is C7H6Cl2O3. The van der Waals surface area contributed by atoms with Crippen LogP contribution in [0.5, 0.6) is 0 Å². The van der Waals surface area contributed by atoms with E-state index in [2.05, 4.69) is 4.74 Å². The largest absolute Gasteiger partial charge is 0.460 e. The van der Waals surface area contributed by atoms with Gasteiger partial charge in [-0.2, -0.15) is 0 Å². The van der Waals surface area contributed by atoms with Crippen LogP contribution >= 0.6 is 23.2 Å². The number of hydrogen-bond acceptors (Lipinski definition) is 3. The third-order valence-corrected chi connectivity index (χ3v) is 1.90. The number of carbonyl (C=O) groups excluding carboxylic acids is 1. The minimum Gasteiger partial charge on any atom is -0.460 e. The fourth-order valence-electron chi connectivity index (χ4n) is 0.657. The first-order valence-electron chi connectivity index (χ1n) is 3.26. The second kappa shape index (κ2) is 3.83. The molecule has 0 aliphatic carbocycles. The Balaban J connectivity index is 2.88. The summed E-state index contributed by atoms with van der Waals surface area (Å²) in [6.07, 6.45) is 1.19. The third kappa shape index (κ3) is 1.73. The fraction of sp³-hybridized carbons (Fsp3) is 0.286. The number of carbonyl (C=O) groups is 1. The summed E-state index contributed by atoms with van der Waals surface area (Å²) < 4.78 is 9.42. The third-order valence-electron chi connectivity index (χ3n) is 1.15. The van der Waals surface area contributed by atoms with Crippen LogP contribution in [0.2, 0.25) is 10.0 Å². The molecular weight excluding hydrogens is 203 g/mol. The van der Waals surface area contributed by atoms with E-state index in [9.17, 15) is 4.79 Å². The van der Waals surface area contributed by atoms with Crippen molar-refractivity contribution in [3.8, 4) is 0 Å². The molecule has 0 aliphatic rings. The predicted octanol–water partition coefficient (Wildman–Crippen LogP) is 2.76. The number of ether oxygens (including phenoxy) is 1. The van der Waals surface area contributed by atoms with Crippen LogP contribution in [0.1, 0.15) is 17.5 Å².